The van der Waals surface area contributed by atoms with Gasteiger partial charge in [0.05, 0.1) is 0 Å². The van der Waals surface area contributed by atoms with Crippen molar-refractivity contribution in [3.8, 4) is 46.0 Å². The van der Waals surface area contributed by atoms with Crippen molar-refractivity contribution in [3.05, 3.63) is 309 Å². The topological polar surface area (TPSA) is 88.1 Å². The van der Waals surface area contributed by atoms with Crippen molar-refractivity contribution in [1.29, 1.82) is 0 Å². The number of para-hydroxylation sites is 1. The maximum atomic E-state index is 14.8. The van der Waals surface area contributed by atoms with Gasteiger partial charge in [-0.05, 0) is 184 Å². The first-order chi connectivity index (χ1) is 39.7. The third kappa shape index (κ3) is 13.6. The van der Waals surface area contributed by atoms with E-state index < -0.39 is 28.9 Å². The van der Waals surface area contributed by atoms with Crippen molar-refractivity contribution in [2.45, 2.75) is 45.5 Å². The van der Waals surface area contributed by atoms with E-state index >= 15 is 0 Å². The zero-order valence-electron chi connectivity index (χ0n) is 45.2. The first-order valence-electron chi connectivity index (χ1n) is 26.1. The van der Waals surface area contributed by atoms with E-state index in [1.54, 1.807) is 36.4 Å². The molecule has 0 heterocycles. The molecule has 0 aromatic heterocycles. The Morgan fingerprint density at radius 2 is 0.542 bits per heavy atom. The first kappa shape index (κ1) is 57.7. The lowest BCUT2D eigenvalue weighted by molar-refractivity contribution is -0.288. The van der Waals surface area contributed by atoms with Crippen LogP contribution in [-0.4, -0.2) is 29.7 Å². The van der Waals surface area contributed by atoms with Gasteiger partial charge in [0.25, 0.3) is 0 Å². The van der Waals surface area contributed by atoms with Gasteiger partial charge in [0.15, 0.2) is 17.3 Å². The number of hydrogen-bond donors (Lipinski definition) is 0. The second-order valence-electron chi connectivity index (χ2n) is 19.6. The summed E-state index contributed by atoms with van der Waals surface area (Å²) in [5, 5.41) is 0. The highest BCUT2D eigenvalue weighted by atomic mass is 19.4. The summed E-state index contributed by atoms with van der Waals surface area (Å²) in [4.78, 5) is 38.4. The molecule has 0 bridgehead atoms. The number of aryl methyl sites for hydroxylation is 4. The fourth-order valence-electron chi connectivity index (χ4n) is 9.04. The number of carbonyl (C=O) groups is 3. The van der Waals surface area contributed by atoms with E-state index in [-0.39, 0.29) is 40.3 Å². The Morgan fingerprint density at radius 3 is 0.855 bits per heavy atom. The number of rotatable bonds is 16. The van der Waals surface area contributed by atoms with E-state index in [0.29, 0.717) is 39.3 Å². The smallest absolute Gasteiger partial charge is 0.411 e. The van der Waals surface area contributed by atoms with Crippen molar-refractivity contribution < 1.29 is 59.7 Å². The zero-order chi connectivity index (χ0) is 58.9. The van der Waals surface area contributed by atoms with Crippen LogP contribution in [0.25, 0.3) is 0 Å². The minimum atomic E-state index is -5.80. The van der Waals surface area contributed by atoms with Gasteiger partial charge in [0, 0.05) is 33.4 Å². The lowest BCUT2D eigenvalue weighted by atomic mass is 9.73. The largest absolute Gasteiger partial charge is 0.457 e. The molecule has 7 nitrogen and oxygen atoms in total. The molecule has 13 heteroatoms. The molecule has 0 saturated carbocycles. The van der Waals surface area contributed by atoms with Gasteiger partial charge in [-0.15, -0.1) is 0 Å². The summed E-state index contributed by atoms with van der Waals surface area (Å²) < 4.78 is 112. The zero-order valence-corrected chi connectivity index (χ0v) is 45.2. The molecular weight excluding hydrogens is 1070 g/mol. The molecule has 0 amide bonds. The van der Waals surface area contributed by atoms with Crippen LogP contribution in [0.1, 0.15) is 81.1 Å². The van der Waals surface area contributed by atoms with Gasteiger partial charge >= 0.3 is 12.4 Å². The van der Waals surface area contributed by atoms with Crippen molar-refractivity contribution >= 4 is 17.3 Å². The standard InChI is InChI=1S/C43H30F6O4.C27H22O3/c1-27-3-7-29(8-4-27)39(50)31-11-19-35(20-12-31)52-37-23-15-33(16-24-37)41(42(44,45)46,43(47,48)49)34-17-25-38(26-18-34)53-36-21-13-32(14-22-36)40(51)30-9-5-28(2)6-10-30;1-19-8-9-20(2)26(18-19)27(28)21-10-12-23(13-11-21)30-25-16-14-24(15-17-25)29-22-6-4-3-5-7-22/h3-26H,1-2H3;3-18H,1-2H3. The van der Waals surface area contributed by atoms with Crippen molar-refractivity contribution in [2.75, 3.05) is 0 Å². The van der Waals surface area contributed by atoms with Gasteiger partial charge in [-0.25, -0.2) is 0 Å². The van der Waals surface area contributed by atoms with Crippen LogP contribution in [0.15, 0.2) is 243 Å². The summed E-state index contributed by atoms with van der Waals surface area (Å²) in [5.41, 5.74) is 0.618. The predicted octanol–water partition coefficient (Wildman–Crippen LogP) is 18.9. The number of halogens is 6. The van der Waals surface area contributed by atoms with Crippen LogP contribution in [-0.2, 0) is 5.41 Å². The minimum absolute atomic E-state index is 0.0139. The summed E-state index contributed by atoms with van der Waals surface area (Å²) >= 11 is 0. The average molecular weight is 1120 g/mol. The van der Waals surface area contributed by atoms with Crippen LogP contribution in [0, 0.1) is 27.7 Å². The summed E-state index contributed by atoms with van der Waals surface area (Å²) in [6.07, 6.45) is -11.6. The van der Waals surface area contributed by atoms with E-state index in [1.807, 2.05) is 137 Å². The van der Waals surface area contributed by atoms with Gasteiger partial charge in [0.2, 0.25) is 5.41 Å². The Bertz CT molecular complexity index is 3680. The molecule has 0 radical (unpaired) electrons. The van der Waals surface area contributed by atoms with Crippen LogP contribution in [0.5, 0.6) is 46.0 Å². The van der Waals surface area contributed by atoms with Crippen molar-refractivity contribution in [1.82, 2.24) is 0 Å². The van der Waals surface area contributed by atoms with E-state index in [0.717, 1.165) is 87.8 Å². The van der Waals surface area contributed by atoms with Gasteiger partial charge in [-0.2, -0.15) is 26.3 Å². The number of alkyl halides is 6. The average Bonchev–Trinajstić information content (AvgIpc) is 2.42. The summed E-state index contributed by atoms with van der Waals surface area (Å²) in [7, 11) is 0. The number of hydrogen-bond acceptors (Lipinski definition) is 7. The third-order valence-electron chi connectivity index (χ3n) is 13.5. The maximum absolute atomic E-state index is 14.8. The summed E-state index contributed by atoms with van der Waals surface area (Å²) in [6.45, 7) is 7.74. The lowest BCUT2D eigenvalue weighted by Gasteiger charge is -2.38. The van der Waals surface area contributed by atoms with Crippen LogP contribution in [0.4, 0.5) is 26.3 Å². The Balaban J connectivity index is 0.000000233. The molecular formula is C70H52F6O7. The van der Waals surface area contributed by atoms with Crippen molar-refractivity contribution in [3.63, 3.8) is 0 Å². The molecule has 0 fully saturated rings. The van der Waals surface area contributed by atoms with Gasteiger partial charge in [-0.1, -0.05) is 120 Å². The third-order valence-corrected chi connectivity index (χ3v) is 13.5. The van der Waals surface area contributed by atoms with Crippen molar-refractivity contribution in [2.24, 2.45) is 0 Å². The predicted molar refractivity (Wildman–Crippen MR) is 307 cm³/mol. The SMILES string of the molecule is Cc1ccc(C(=O)c2ccc(Oc3ccc(C(c4ccc(Oc5ccc(C(=O)c6ccc(C)cc6)cc5)cc4)(C(F)(F)F)C(F)(F)F)cc3)cc2)cc1.Cc1ccc(C)c(C(=O)c2ccc(Oc3ccc(Oc4ccccc4)cc3)cc2)c1. The first-order valence-corrected chi connectivity index (χ1v) is 26.1. The molecule has 0 aliphatic heterocycles. The number of carbonyl (C=O) groups excluding carboxylic acids is 3. The quantitative estimate of drug-likeness (QED) is 0.0703. The molecule has 0 aliphatic rings. The molecule has 0 saturated heterocycles. The second kappa shape index (κ2) is 24.8. The minimum Gasteiger partial charge on any atom is -0.457 e. The summed E-state index contributed by atoms with van der Waals surface area (Å²) in [5.74, 6) is 2.88. The highest BCUT2D eigenvalue weighted by Gasteiger charge is 2.72. The van der Waals surface area contributed by atoms with Crippen LogP contribution < -0.4 is 18.9 Å². The maximum Gasteiger partial charge on any atom is 0.411 e. The molecule has 10 aromatic rings. The van der Waals surface area contributed by atoms with E-state index in [9.17, 15) is 40.7 Å². The van der Waals surface area contributed by atoms with Gasteiger partial charge in [0.1, 0.15) is 46.0 Å². The molecule has 0 unspecified atom stereocenters. The Morgan fingerprint density at radius 1 is 0.289 bits per heavy atom. The molecule has 83 heavy (non-hydrogen) atoms. The van der Waals surface area contributed by atoms with Gasteiger partial charge in [-0.3, -0.25) is 14.4 Å². The fraction of sp³-hybridized carbons (Fsp3) is 0.100. The molecule has 0 spiro atoms. The molecule has 10 rings (SSSR count). The van der Waals surface area contributed by atoms with Crippen LogP contribution >= 0.6 is 0 Å². The summed E-state index contributed by atoms with van der Waals surface area (Å²) in [6, 6.07) is 63.3. The van der Waals surface area contributed by atoms with E-state index in [4.69, 9.17) is 18.9 Å². The van der Waals surface area contributed by atoms with Gasteiger partial charge < -0.3 is 18.9 Å². The van der Waals surface area contributed by atoms with E-state index in [2.05, 4.69) is 0 Å². The molecule has 416 valence electrons. The Labute approximate surface area is 476 Å². The normalized spacial score (nSPS) is 11.4. The molecule has 0 aliphatic carbocycles. The van der Waals surface area contributed by atoms with E-state index in [1.165, 1.54) is 48.5 Å². The van der Waals surface area contributed by atoms with Crippen LogP contribution in [0.3, 0.4) is 0 Å². The fourth-order valence-corrected chi connectivity index (χ4v) is 9.04. The monoisotopic (exact) mass is 1120 g/mol. The molecule has 0 N–H and O–H groups in total. The molecule has 0 atom stereocenters. The molecule has 10 aromatic carbocycles. The second-order valence-corrected chi connectivity index (χ2v) is 19.6. The number of ether oxygens (including phenoxy) is 4. The highest BCUT2D eigenvalue weighted by Crippen LogP contribution is 2.56. The highest BCUT2D eigenvalue weighted by molar-refractivity contribution is 6.10. The Kier molecular flexibility index (Phi) is 17.2. The number of benzene rings is 10. The van der Waals surface area contributed by atoms with Crippen LogP contribution in [0.2, 0.25) is 0 Å². The lowest BCUT2D eigenvalue weighted by Crippen LogP contribution is -2.54. The number of ketones is 3. The Hall–Kier alpha value is -10.0.